The largest absolute Gasteiger partial charge is 0.352 e. The van der Waals surface area contributed by atoms with Crippen molar-refractivity contribution in [2.75, 3.05) is 20.6 Å². The van der Waals surface area contributed by atoms with E-state index in [-0.39, 0.29) is 18.0 Å². The molecule has 0 saturated carbocycles. The lowest BCUT2D eigenvalue weighted by Gasteiger charge is -2.20. The minimum Gasteiger partial charge on any atom is -0.352 e. The third-order valence-corrected chi connectivity index (χ3v) is 2.46. The number of nitrogens with two attached hydrogens (primary N) is 1. The first-order chi connectivity index (χ1) is 7.32. The first-order valence-corrected chi connectivity index (χ1v) is 6.03. The number of nitrogens with one attached hydrogen (secondary N) is 1. The average Bonchev–Trinajstić information content (AvgIpc) is 2.13. The summed E-state index contributed by atoms with van der Waals surface area (Å²) in [6.45, 7) is 7.13. The molecule has 0 rings (SSSR count). The summed E-state index contributed by atoms with van der Waals surface area (Å²) >= 11 is 0. The van der Waals surface area contributed by atoms with Crippen molar-refractivity contribution in [3.63, 3.8) is 0 Å². The van der Waals surface area contributed by atoms with Crippen molar-refractivity contribution in [1.29, 1.82) is 0 Å². The molecule has 4 nitrogen and oxygen atoms in total. The first-order valence-electron chi connectivity index (χ1n) is 6.03. The topological polar surface area (TPSA) is 58.4 Å². The molecule has 0 aliphatic heterocycles. The molecule has 0 spiro atoms. The van der Waals surface area contributed by atoms with Crippen molar-refractivity contribution in [2.24, 2.45) is 11.7 Å². The van der Waals surface area contributed by atoms with Crippen LogP contribution in [0.2, 0.25) is 0 Å². The molecule has 0 saturated heterocycles. The van der Waals surface area contributed by atoms with Crippen LogP contribution in [0.15, 0.2) is 0 Å². The van der Waals surface area contributed by atoms with Gasteiger partial charge in [-0.05, 0) is 46.3 Å². The third-order valence-electron chi connectivity index (χ3n) is 2.46. The van der Waals surface area contributed by atoms with Crippen LogP contribution in [0.4, 0.5) is 0 Å². The Labute approximate surface area is 99.6 Å². The van der Waals surface area contributed by atoms with Gasteiger partial charge < -0.3 is 16.0 Å². The van der Waals surface area contributed by atoms with Gasteiger partial charge in [0.15, 0.2) is 0 Å². The molecule has 96 valence electrons. The lowest BCUT2D eigenvalue weighted by Crippen LogP contribution is -2.45. The molecule has 0 bridgehead atoms. The van der Waals surface area contributed by atoms with Crippen LogP contribution in [0.5, 0.6) is 0 Å². The Hall–Kier alpha value is -0.610. The Bertz CT molecular complexity index is 204. The van der Waals surface area contributed by atoms with Gasteiger partial charge in [-0.25, -0.2) is 0 Å². The van der Waals surface area contributed by atoms with Crippen LogP contribution in [0.25, 0.3) is 0 Å². The van der Waals surface area contributed by atoms with Crippen LogP contribution in [0, 0.1) is 5.92 Å². The molecule has 1 unspecified atom stereocenters. The van der Waals surface area contributed by atoms with Gasteiger partial charge in [0.1, 0.15) is 0 Å². The van der Waals surface area contributed by atoms with E-state index in [1.807, 2.05) is 21.0 Å². The molecule has 0 aliphatic rings. The number of carbonyl (C=O) groups is 1. The number of amides is 1. The molecular formula is C12H27N3O. The maximum absolute atomic E-state index is 11.7. The SMILES string of the molecule is CC(C)C[C@H](N)C(=O)NC(C)CCN(C)C. The molecule has 0 aliphatic carbocycles. The molecule has 0 aromatic rings. The van der Waals surface area contributed by atoms with E-state index in [9.17, 15) is 4.79 Å². The van der Waals surface area contributed by atoms with Gasteiger partial charge >= 0.3 is 0 Å². The van der Waals surface area contributed by atoms with Crippen LogP contribution in [0.3, 0.4) is 0 Å². The van der Waals surface area contributed by atoms with Gasteiger partial charge in [-0.3, -0.25) is 4.79 Å². The second-order valence-corrected chi connectivity index (χ2v) is 5.24. The smallest absolute Gasteiger partial charge is 0.237 e. The van der Waals surface area contributed by atoms with Gasteiger partial charge in [-0.15, -0.1) is 0 Å². The highest BCUT2D eigenvalue weighted by atomic mass is 16.2. The number of nitrogens with zero attached hydrogens (tertiary/aromatic N) is 1. The van der Waals surface area contributed by atoms with Crippen LogP contribution < -0.4 is 11.1 Å². The minimum absolute atomic E-state index is 0.0278. The lowest BCUT2D eigenvalue weighted by molar-refractivity contribution is -0.123. The maximum Gasteiger partial charge on any atom is 0.237 e. The van der Waals surface area contributed by atoms with Gasteiger partial charge in [-0.1, -0.05) is 13.8 Å². The highest BCUT2D eigenvalue weighted by molar-refractivity contribution is 5.81. The van der Waals surface area contributed by atoms with E-state index in [4.69, 9.17) is 5.73 Å². The molecule has 0 aromatic heterocycles. The number of rotatable bonds is 7. The van der Waals surface area contributed by atoms with E-state index in [2.05, 4.69) is 24.1 Å². The zero-order valence-corrected chi connectivity index (χ0v) is 11.3. The fraction of sp³-hybridized carbons (Fsp3) is 0.917. The minimum atomic E-state index is -0.373. The second-order valence-electron chi connectivity index (χ2n) is 5.24. The lowest BCUT2D eigenvalue weighted by atomic mass is 10.0. The fourth-order valence-corrected chi connectivity index (χ4v) is 1.49. The first kappa shape index (κ1) is 15.4. The van der Waals surface area contributed by atoms with Crippen molar-refractivity contribution in [3.05, 3.63) is 0 Å². The maximum atomic E-state index is 11.7. The van der Waals surface area contributed by atoms with E-state index < -0.39 is 0 Å². The van der Waals surface area contributed by atoms with E-state index in [0.717, 1.165) is 19.4 Å². The average molecular weight is 229 g/mol. The zero-order valence-electron chi connectivity index (χ0n) is 11.3. The fourth-order valence-electron chi connectivity index (χ4n) is 1.49. The summed E-state index contributed by atoms with van der Waals surface area (Å²) in [7, 11) is 4.05. The summed E-state index contributed by atoms with van der Waals surface area (Å²) in [5.41, 5.74) is 5.80. The number of hydrogen-bond acceptors (Lipinski definition) is 3. The van der Waals surface area contributed by atoms with E-state index in [1.54, 1.807) is 0 Å². The normalized spacial score (nSPS) is 15.2. The molecule has 4 heteroatoms. The van der Waals surface area contributed by atoms with E-state index in [1.165, 1.54) is 0 Å². The van der Waals surface area contributed by atoms with Crippen molar-refractivity contribution in [3.8, 4) is 0 Å². The standard InChI is InChI=1S/C12H27N3O/c1-9(2)8-11(13)12(16)14-10(3)6-7-15(4)5/h9-11H,6-8,13H2,1-5H3,(H,14,16)/t10?,11-/m0/s1. The number of hydrogen-bond donors (Lipinski definition) is 2. The molecule has 0 radical (unpaired) electrons. The summed E-state index contributed by atoms with van der Waals surface area (Å²) in [6, 6.07) is -0.185. The number of carbonyl (C=O) groups excluding carboxylic acids is 1. The van der Waals surface area contributed by atoms with Gasteiger partial charge in [0.25, 0.3) is 0 Å². The van der Waals surface area contributed by atoms with Crippen LogP contribution in [-0.2, 0) is 4.79 Å². The predicted molar refractivity (Wildman–Crippen MR) is 68.2 cm³/mol. The third kappa shape index (κ3) is 7.65. The molecule has 0 heterocycles. The second kappa shape index (κ2) is 7.63. The van der Waals surface area contributed by atoms with Crippen molar-refractivity contribution >= 4 is 5.91 Å². The monoisotopic (exact) mass is 229 g/mol. The van der Waals surface area contributed by atoms with E-state index in [0.29, 0.717) is 5.92 Å². The zero-order chi connectivity index (χ0) is 12.7. The summed E-state index contributed by atoms with van der Waals surface area (Å²) in [5.74, 6) is 0.429. The molecule has 16 heavy (non-hydrogen) atoms. The highest BCUT2D eigenvalue weighted by Crippen LogP contribution is 2.03. The highest BCUT2D eigenvalue weighted by Gasteiger charge is 2.16. The summed E-state index contributed by atoms with van der Waals surface area (Å²) in [5, 5.41) is 2.95. The summed E-state index contributed by atoms with van der Waals surface area (Å²) in [6.07, 6.45) is 1.69. The van der Waals surface area contributed by atoms with Gasteiger partial charge in [0.05, 0.1) is 6.04 Å². The van der Waals surface area contributed by atoms with Crippen molar-refractivity contribution in [2.45, 2.75) is 45.7 Å². The molecule has 1 amide bonds. The van der Waals surface area contributed by atoms with Crippen LogP contribution in [-0.4, -0.2) is 43.5 Å². The van der Waals surface area contributed by atoms with E-state index >= 15 is 0 Å². The van der Waals surface area contributed by atoms with Crippen molar-refractivity contribution in [1.82, 2.24) is 10.2 Å². The molecule has 3 N–H and O–H groups in total. The molecule has 0 fully saturated rings. The Kier molecular flexibility index (Phi) is 7.34. The van der Waals surface area contributed by atoms with Gasteiger partial charge in [0, 0.05) is 6.04 Å². The molecule has 0 aromatic carbocycles. The predicted octanol–water partition coefficient (Wildman–Crippen LogP) is 0.816. The Balaban J connectivity index is 3.85. The van der Waals surface area contributed by atoms with Crippen LogP contribution >= 0.6 is 0 Å². The summed E-state index contributed by atoms with van der Waals surface area (Å²) in [4.78, 5) is 13.8. The Morgan fingerprint density at radius 2 is 1.88 bits per heavy atom. The Morgan fingerprint density at radius 1 is 1.31 bits per heavy atom. The molecular weight excluding hydrogens is 202 g/mol. The van der Waals surface area contributed by atoms with Crippen LogP contribution in [0.1, 0.15) is 33.6 Å². The Morgan fingerprint density at radius 3 is 2.31 bits per heavy atom. The summed E-state index contributed by atoms with van der Waals surface area (Å²) < 4.78 is 0. The molecule has 2 atom stereocenters. The van der Waals surface area contributed by atoms with Gasteiger partial charge in [-0.2, -0.15) is 0 Å². The quantitative estimate of drug-likeness (QED) is 0.679. The van der Waals surface area contributed by atoms with Crippen molar-refractivity contribution < 1.29 is 4.79 Å². The van der Waals surface area contributed by atoms with Gasteiger partial charge in [0.2, 0.25) is 5.91 Å².